The fraction of sp³-hybridized carbons (Fsp3) is 0.143. The van der Waals surface area contributed by atoms with Crippen molar-refractivity contribution in [2.45, 2.75) is 12.5 Å². The number of Topliss-reactive ketones (excluding diaryl/α,β-unsaturated/α-hetero) is 1. The third kappa shape index (κ3) is 4.74. The van der Waals surface area contributed by atoms with Gasteiger partial charge in [0.25, 0.3) is 11.7 Å². The van der Waals surface area contributed by atoms with Gasteiger partial charge in [-0.1, -0.05) is 52.5 Å². The summed E-state index contributed by atoms with van der Waals surface area (Å²) >= 11 is 25.0. The zero-order valence-electron chi connectivity index (χ0n) is 19.9. The van der Waals surface area contributed by atoms with Gasteiger partial charge in [-0.3, -0.25) is 9.59 Å². The number of likely N-dealkylation sites (tertiary alicyclic amines) is 1. The Morgan fingerprint density at radius 2 is 1.68 bits per heavy atom. The average Bonchev–Trinajstić information content (AvgIpc) is 3.40. The highest BCUT2D eigenvalue weighted by molar-refractivity contribution is 6.47. The van der Waals surface area contributed by atoms with Crippen LogP contribution in [-0.2, 0) is 16.0 Å². The molecule has 0 bridgehead atoms. The van der Waals surface area contributed by atoms with E-state index in [4.69, 9.17) is 51.1 Å². The second-order valence-corrected chi connectivity index (χ2v) is 10.4. The van der Waals surface area contributed by atoms with Crippen LogP contribution in [-0.4, -0.2) is 40.3 Å². The number of nitrogens with one attached hydrogen (secondary N) is 1. The van der Waals surface area contributed by atoms with Crippen LogP contribution >= 0.6 is 46.4 Å². The van der Waals surface area contributed by atoms with E-state index in [0.29, 0.717) is 27.8 Å². The molecule has 194 valence electrons. The first-order chi connectivity index (χ1) is 18.2. The van der Waals surface area contributed by atoms with E-state index in [9.17, 15) is 14.7 Å². The van der Waals surface area contributed by atoms with Crippen LogP contribution in [0.5, 0.6) is 5.75 Å². The van der Waals surface area contributed by atoms with E-state index in [2.05, 4.69) is 4.98 Å². The quantitative estimate of drug-likeness (QED) is 0.139. The van der Waals surface area contributed by atoms with E-state index in [0.717, 1.165) is 16.5 Å². The summed E-state index contributed by atoms with van der Waals surface area (Å²) in [4.78, 5) is 31.3. The number of benzene rings is 3. The Kier molecular flexibility index (Phi) is 7.34. The van der Waals surface area contributed by atoms with Crippen LogP contribution in [0.2, 0.25) is 20.1 Å². The molecule has 0 saturated carbocycles. The molecular formula is C28H20Cl4N2O4. The molecule has 1 aliphatic rings. The molecule has 0 aliphatic carbocycles. The number of carbonyl (C=O) groups excluding carboxylic acids is 2. The van der Waals surface area contributed by atoms with Gasteiger partial charge in [-0.2, -0.15) is 0 Å². The number of nitrogens with zero attached hydrogens (tertiary/aromatic N) is 1. The Morgan fingerprint density at radius 3 is 2.37 bits per heavy atom. The lowest BCUT2D eigenvalue weighted by molar-refractivity contribution is -0.139. The third-order valence-corrected chi connectivity index (χ3v) is 7.69. The van der Waals surface area contributed by atoms with Crippen molar-refractivity contribution in [2.75, 3.05) is 13.7 Å². The predicted octanol–water partition coefficient (Wildman–Crippen LogP) is 7.45. The number of aromatic nitrogens is 1. The van der Waals surface area contributed by atoms with E-state index in [1.165, 1.54) is 29.2 Å². The monoisotopic (exact) mass is 588 g/mol. The van der Waals surface area contributed by atoms with Crippen molar-refractivity contribution >= 4 is 74.8 Å². The lowest BCUT2D eigenvalue weighted by Gasteiger charge is -2.26. The van der Waals surface area contributed by atoms with Crippen LogP contribution < -0.4 is 4.74 Å². The minimum absolute atomic E-state index is 0.121. The summed E-state index contributed by atoms with van der Waals surface area (Å²) in [6, 6.07) is 14.0. The fourth-order valence-corrected chi connectivity index (χ4v) is 5.73. The number of methoxy groups -OCH3 is 1. The summed E-state index contributed by atoms with van der Waals surface area (Å²) in [5, 5.41) is 13.4. The molecule has 1 fully saturated rings. The van der Waals surface area contributed by atoms with Gasteiger partial charge in [0.05, 0.1) is 23.7 Å². The highest BCUT2D eigenvalue weighted by Crippen LogP contribution is 2.43. The van der Waals surface area contributed by atoms with Crippen molar-refractivity contribution in [2.24, 2.45) is 0 Å². The topological polar surface area (TPSA) is 82.6 Å². The summed E-state index contributed by atoms with van der Waals surface area (Å²) in [7, 11) is 1.59. The Bertz CT molecular complexity index is 1630. The van der Waals surface area contributed by atoms with Crippen molar-refractivity contribution < 1.29 is 19.4 Å². The molecule has 10 heteroatoms. The molecule has 2 heterocycles. The molecule has 1 saturated heterocycles. The highest BCUT2D eigenvalue weighted by atomic mass is 35.5. The Hall–Kier alpha value is -3.16. The maximum atomic E-state index is 13.4. The number of aliphatic hydroxyl groups is 1. The molecule has 4 aromatic rings. The molecule has 1 aromatic heterocycles. The van der Waals surface area contributed by atoms with E-state index >= 15 is 0 Å². The minimum Gasteiger partial charge on any atom is -0.507 e. The van der Waals surface area contributed by atoms with Crippen molar-refractivity contribution in [3.05, 3.63) is 103 Å². The zero-order chi connectivity index (χ0) is 27.1. The smallest absolute Gasteiger partial charge is 0.295 e. The van der Waals surface area contributed by atoms with Gasteiger partial charge in [0.1, 0.15) is 11.5 Å². The molecule has 0 spiro atoms. The van der Waals surface area contributed by atoms with Crippen LogP contribution in [0.15, 0.2) is 66.4 Å². The number of fused-ring (bicyclic) bond motifs is 1. The Balaban J connectivity index is 1.60. The number of amides is 1. The molecule has 6 nitrogen and oxygen atoms in total. The number of ether oxygens (including phenoxy) is 1. The molecule has 3 aromatic carbocycles. The molecule has 0 unspecified atom stereocenters. The van der Waals surface area contributed by atoms with E-state index in [1.807, 2.05) is 24.4 Å². The number of carbonyl (C=O) groups is 2. The normalized spacial score (nSPS) is 17.0. The standard InChI is InChI=1S/C28H20Cl4N2O4/c1-38-17-4-7-23-20(12-17)14(13-33-23)8-9-34-25(18-5-2-15(29)10-21(18)31)24(27(36)28(34)37)26(35)19-6-3-16(30)11-22(19)32/h2-7,10-13,25,33,35H,8-9H2,1H3/t25-/m0/s1. The number of H-pyrrole nitrogens is 1. The van der Waals surface area contributed by atoms with Crippen molar-refractivity contribution in [1.82, 2.24) is 9.88 Å². The van der Waals surface area contributed by atoms with E-state index in [-0.39, 0.29) is 27.7 Å². The van der Waals surface area contributed by atoms with Gasteiger partial charge in [-0.15, -0.1) is 0 Å². The molecule has 1 atom stereocenters. The van der Waals surface area contributed by atoms with Gasteiger partial charge in [0.15, 0.2) is 0 Å². The highest BCUT2D eigenvalue weighted by Gasteiger charge is 2.46. The lowest BCUT2D eigenvalue weighted by Crippen LogP contribution is -2.31. The molecule has 1 aliphatic heterocycles. The first kappa shape index (κ1) is 26.4. The summed E-state index contributed by atoms with van der Waals surface area (Å²) in [6.07, 6.45) is 2.28. The SMILES string of the molecule is COc1ccc2[nH]cc(CCN3C(=O)C(=O)C(=C(O)c4ccc(Cl)cc4Cl)[C@@H]3c3ccc(Cl)cc3Cl)c2c1. The molecule has 1 amide bonds. The van der Waals surface area contributed by atoms with Crippen LogP contribution in [0.1, 0.15) is 22.7 Å². The van der Waals surface area contributed by atoms with Crippen LogP contribution in [0.25, 0.3) is 16.7 Å². The lowest BCUT2D eigenvalue weighted by atomic mass is 9.95. The number of hydrogen-bond acceptors (Lipinski definition) is 4. The zero-order valence-corrected chi connectivity index (χ0v) is 22.9. The van der Waals surface area contributed by atoms with Crippen molar-refractivity contribution in [3.8, 4) is 5.75 Å². The molecule has 0 radical (unpaired) electrons. The van der Waals surface area contributed by atoms with Gasteiger partial charge in [-0.05, 0) is 66.1 Å². The minimum atomic E-state index is -0.966. The summed E-state index contributed by atoms with van der Waals surface area (Å²) in [6.45, 7) is 0.170. The number of hydrogen-bond donors (Lipinski definition) is 2. The van der Waals surface area contributed by atoms with E-state index in [1.54, 1.807) is 19.2 Å². The molecule has 2 N–H and O–H groups in total. The van der Waals surface area contributed by atoms with Crippen LogP contribution in [0.4, 0.5) is 0 Å². The maximum Gasteiger partial charge on any atom is 0.295 e. The van der Waals surface area contributed by atoms with Gasteiger partial charge in [0, 0.05) is 44.3 Å². The van der Waals surface area contributed by atoms with Crippen molar-refractivity contribution in [1.29, 1.82) is 0 Å². The predicted molar refractivity (Wildman–Crippen MR) is 150 cm³/mol. The van der Waals surface area contributed by atoms with Crippen LogP contribution in [0.3, 0.4) is 0 Å². The first-order valence-electron chi connectivity index (χ1n) is 11.5. The summed E-state index contributed by atoms with van der Waals surface area (Å²) in [5.74, 6) is -1.32. The third-order valence-electron chi connectivity index (χ3n) is 6.58. The first-order valence-corrected chi connectivity index (χ1v) is 13.0. The fourth-order valence-electron chi connectivity index (χ4n) is 4.72. The molecular weight excluding hydrogens is 570 g/mol. The molecule has 38 heavy (non-hydrogen) atoms. The van der Waals surface area contributed by atoms with Crippen molar-refractivity contribution in [3.63, 3.8) is 0 Å². The van der Waals surface area contributed by atoms with Crippen LogP contribution in [0, 0.1) is 0 Å². The van der Waals surface area contributed by atoms with Gasteiger partial charge < -0.3 is 19.7 Å². The number of ketones is 1. The largest absolute Gasteiger partial charge is 0.507 e. The number of aromatic amines is 1. The Morgan fingerprint density at radius 1 is 0.974 bits per heavy atom. The number of rotatable bonds is 6. The number of aliphatic hydroxyl groups excluding tert-OH is 1. The summed E-state index contributed by atoms with van der Waals surface area (Å²) in [5.41, 5.74) is 2.35. The van der Waals surface area contributed by atoms with Gasteiger partial charge >= 0.3 is 0 Å². The number of halogens is 4. The van der Waals surface area contributed by atoms with Gasteiger partial charge in [-0.25, -0.2) is 0 Å². The Labute approximate surface area is 238 Å². The summed E-state index contributed by atoms with van der Waals surface area (Å²) < 4.78 is 5.35. The average molecular weight is 590 g/mol. The molecule has 5 rings (SSSR count). The second-order valence-electron chi connectivity index (χ2n) is 8.76. The second kappa shape index (κ2) is 10.5. The maximum absolute atomic E-state index is 13.4. The van der Waals surface area contributed by atoms with Gasteiger partial charge in [0.2, 0.25) is 0 Å². The van der Waals surface area contributed by atoms with E-state index < -0.39 is 23.5 Å².